The van der Waals surface area contributed by atoms with Crippen LogP contribution >= 0.6 is 0 Å². The predicted molar refractivity (Wildman–Crippen MR) is 132 cm³/mol. The molecule has 10 heteroatoms. The van der Waals surface area contributed by atoms with Crippen LogP contribution in [-0.2, 0) is 11.0 Å². The van der Waals surface area contributed by atoms with E-state index in [1.807, 2.05) is 26.1 Å². The van der Waals surface area contributed by atoms with Gasteiger partial charge in [0, 0.05) is 36.1 Å². The zero-order chi connectivity index (χ0) is 26.8. The summed E-state index contributed by atoms with van der Waals surface area (Å²) >= 11 is 0. The van der Waals surface area contributed by atoms with Crippen molar-refractivity contribution in [3.8, 4) is 0 Å². The summed E-state index contributed by atoms with van der Waals surface area (Å²) in [5, 5.41) is 16.7. The van der Waals surface area contributed by atoms with Crippen LogP contribution in [0.25, 0.3) is 0 Å². The van der Waals surface area contributed by atoms with Crippen molar-refractivity contribution in [2.45, 2.75) is 75.9 Å². The van der Waals surface area contributed by atoms with Gasteiger partial charge in [-0.3, -0.25) is 19.5 Å². The maximum Gasteiger partial charge on any atom is 0.416 e. The van der Waals surface area contributed by atoms with E-state index in [1.165, 1.54) is 11.6 Å². The van der Waals surface area contributed by atoms with Crippen LogP contribution in [0.15, 0.2) is 42.6 Å². The Morgan fingerprint density at radius 1 is 1.19 bits per heavy atom. The molecular weight excluding hydrogens is 485 g/mol. The van der Waals surface area contributed by atoms with E-state index in [2.05, 4.69) is 26.6 Å². The monoisotopic (exact) mass is 518 g/mol. The molecule has 2 aromatic rings. The molecule has 2 aliphatic rings. The van der Waals surface area contributed by atoms with E-state index < -0.39 is 29.3 Å². The third-order valence-electron chi connectivity index (χ3n) is 7.53. The molecule has 1 saturated heterocycles. The Labute approximate surface area is 214 Å². The minimum Gasteiger partial charge on any atom is -0.376 e. The highest BCUT2D eigenvalue weighted by atomic mass is 19.4. The lowest BCUT2D eigenvalue weighted by Crippen LogP contribution is -2.53. The number of nitrogens with one attached hydrogen (secondary N) is 2. The van der Waals surface area contributed by atoms with Crippen molar-refractivity contribution in [1.82, 2.24) is 20.5 Å². The molecule has 2 fully saturated rings. The number of aromatic nitrogens is 1. The molecule has 200 valence electrons. The van der Waals surface area contributed by atoms with Crippen LogP contribution in [0.3, 0.4) is 0 Å². The lowest BCUT2D eigenvalue weighted by molar-refractivity contribution is -0.139. The standard InChI is InChI=1S/C27H33F3N4O3/c1-17-6-7-21(14-31-17)19-8-10-26(37,11-9-19)34-16-23(12-18(34)2)33-24(35)15-32-25(36)20-4-3-5-22(13-20)27(28,29)30/h3-7,13-14,18-19,23,37H,8-12,15-16H2,1-2H3,(H,32,36)(H,33,35)/t18-,19?,23+,26?/m0/s1. The molecule has 1 aliphatic carbocycles. The quantitative estimate of drug-likeness (QED) is 0.542. The predicted octanol–water partition coefficient (Wildman–Crippen LogP) is 3.76. The average Bonchev–Trinajstić information content (AvgIpc) is 3.23. The van der Waals surface area contributed by atoms with Gasteiger partial charge < -0.3 is 15.7 Å². The Morgan fingerprint density at radius 3 is 2.57 bits per heavy atom. The van der Waals surface area contributed by atoms with E-state index in [-0.39, 0.29) is 24.2 Å². The molecule has 0 unspecified atom stereocenters. The smallest absolute Gasteiger partial charge is 0.376 e. The van der Waals surface area contributed by atoms with Crippen LogP contribution in [-0.4, -0.2) is 57.7 Å². The van der Waals surface area contributed by atoms with Crippen LogP contribution in [0.1, 0.15) is 72.1 Å². The second kappa shape index (κ2) is 10.8. The second-order valence-corrected chi connectivity index (χ2v) is 10.3. The molecule has 4 rings (SSSR count). The molecular formula is C27H33F3N4O3. The zero-order valence-electron chi connectivity index (χ0n) is 21.0. The van der Waals surface area contributed by atoms with Crippen molar-refractivity contribution in [2.24, 2.45) is 0 Å². The number of hydrogen-bond donors (Lipinski definition) is 3. The SMILES string of the molecule is Cc1ccc(C2CCC(O)(N3C[C@H](NC(=O)CNC(=O)c4cccc(C(F)(F)F)c4)C[C@@H]3C)CC2)cn1. The van der Waals surface area contributed by atoms with E-state index in [0.29, 0.717) is 31.7 Å². The second-order valence-electron chi connectivity index (χ2n) is 10.3. The van der Waals surface area contributed by atoms with Crippen LogP contribution in [0.5, 0.6) is 0 Å². The van der Waals surface area contributed by atoms with Crippen LogP contribution in [0, 0.1) is 6.92 Å². The fourth-order valence-corrected chi connectivity index (χ4v) is 5.52. The number of aryl methyl sites for hydroxylation is 1. The summed E-state index contributed by atoms with van der Waals surface area (Å²) in [5.41, 5.74) is 0.144. The Kier molecular flexibility index (Phi) is 7.89. The number of carbonyl (C=O) groups excluding carboxylic acids is 2. The van der Waals surface area contributed by atoms with Crippen molar-refractivity contribution >= 4 is 11.8 Å². The lowest BCUT2D eigenvalue weighted by atomic mass is 9.79. The van der Waals surface area contributed by atoms with E-state index >= 15 is 0 Å². The van der Waals surface area contributed by atoms with E-state index in [4.69, 9.17) is 0 Å². The number of nitrogens with zero attached hydrogens (tertiary/aromatic N) is 2. The van der Waals surface area contributed by atoms with Crippen molar-refractivity contribution in [3.63, 3.8) is 0 Å². The number of amides is 2. The number of benzene rings is 1. The van der Waals surface area contributed by atoms with Gasteiger partial charge in [0.25, 0.3) is 5.91 Å². The van der Waals surface area contributed by atoms with Gasteiger partial charge in [-0.2, -0.15) is 13.2 Å². The Bertz CT molecular complexity index is 1110. The first kappa shape index (κ1) is 27.1. The molecule has 7 nitrogen and oxygen atoms in total. The summed E-state index contributed by atoms with van der Waals surface area (Å²) in [6, 6.07) is 8.04. The molecule has 1 aliphatic heterocycles. The van der Waals surface area contributed by atoms with Crippen molar-refractivity contribution in [3.05, 3.63) is 65.0 Å². The average molecular weight is 519 g/mol. The highest BCUT2D eigenvalue weighted by Crippen LogP contribution is 2.42. The highest BCUT2D eigenvalue weighted by molar-refractivity contribution is 5.96. The number of carbonyl (C=O) groups is 2. The van der Waals surface area contributed by atoms with Crippen LogP contribution < -0.4 is 10.6 Å². The number of pyridine rings is 1. The van der Waals surface area contributed by atoms with Crippen molar-refractivity contribution < 1.29 is 27.9 Å². The van der Waals surface area contributed by atoms with Gasteiger partial charge in [-0.15, -0.1) is 0 Å². The number of likely N-dealkylation sites (tertiary alicyclic amines) is 1. The third-order valence-corrected chi connectivity index (χ3v) is 7.53. The molecule has 0 spiro atoms. The summed E-state index contributed by atoms with van der Waals surface area (Å²) < 4.78 is 38.7. The van der Waals surface area contributed by atoms with Gasteiger partial charge in [0.15, 0.2) is 0 Å². The lowest BCUT2D eigenvalue weighted by Gasteiger charge is -2.44. The third kappa shape index (κ3) is 6.48. The van der Waals surface area contributed by atoms with Crippen molar-refractivity contribution in [2.75, 3.05) is 13.1 Å². The molecule has 2 heterocycles. The van der Waals surface area contributed by atoms with Gasteiger partial charge in [0.1, 0.15) is 5.72 Å². The Balaban J connectivity index is 1.26. The summed E-state index contributed by atoms with van der Waals surface area (Å²) in [6.07, 6.45) is 0.973. The number of rotatable bonds is 6. The fourth-order valence-electron chi connectivity index (χ4n) is 5.52. The first-order valence-corrected chi connectivity index (χ1v) is 12.6. The van der Waals surface area contributed by atoms with Gasteiger partial charge >= 0.3 is 6.18 Å². The summed E-state index contributed by atoms with van der Waals surface area (Å²) in [4.78, 5) is 31.2. The van der Waals surface area contributed by atoms with Gasteiger partial charge in [-0.05, 0) is 81.7 Å². The maximum absolute atomic E-state index is 12.9. The zero-order valence-corrected chi connectivity index (χ0v) is 21.0. The van der Waals surface area contributed by atoms with E-state index in [0.717, 1.165) is 36.7 Å². The van der Waals surface area contributed by atoms with Crippen molar-refractivity contribution in [1.29, 1.82) is 0 Å². The molecule has 2 atom stereocenters. The van der Waals surface area contributed by atoms with E-state index in [1.54, 1.807) is 0 Å². The van der Waals surface area contributed by atoms with Gasteiger partial charge in [0.2, 0.25) is 5.91 Å². The minimum atomic E-state index is -4.56. The number of aliphatic hydroxyl groups is 1. The molecule has 3 N–H and O–H groups in total. The summed E-state index contributed by atoms with van der Waals surface area (Å²) in [6.45, 7) is 4.12. The molecule has 0 radical (unpaired) electrons. The van der Waals surface area contributed by atoms with Crippen LogP contribution in [0.2, 0.25) is 0 Å². The Morgan fingerprint density at radius 2 is 1.92 bits per heavy atom. The largest absolute Gasteiger partial charge is 0.416 e. The number of alkyl halides is 3. The number of halogens is 3. The highest BCUT2D eigenvalue weighted by Gasteiger charge is 2.45. The molecule has 2 amide bonds. The first-order chi connectivity index (χ1) is 17.4. The normalized spacial score (nSPS) is 26.6. The maximum atomic E-state index is 12.9. The first-order valence-electron chi connectivity index (χ1n) is 12.6. The molecule has 37 heavy (non-hydrogen) atoms. The minimum absolute atomic E-state index is 0.0626. The molecule has 0 bridgehead atoms. The molecule has 1 saturated carbocycles. The Hall–Kier alpha value is -2.98. The molecule has 1 aromatic heterocycles. The van der Waals surface area contributed by atoms with E-state index in [9.17, 15) is 27.9 Å². The topological polar surface area (TPSA) is 94.6 Å². The van der Waals surface area contributed by atoms with Crippen LogP contribution in [0.4, 0.5) is 13.2 Å². The fraction of sp³-hybridized carbons (Fsp3) is 0.519. The summed E-state index contributed by atoms with van der Waals surface area (Å²) in [7, 11) is 0. The number of hydrogen-bond acceptors (Lipinski definition) is 5. The van der Waals surface area contributed by atoms with Gasteiger partial charge in [-0.25, -0.2) is 0 Å². The van der Waals surface area contributed by atoms with Gasteiger partial charge in [-0.1, -0.05) is 12.1 Å². The molecule has 1 aromatic carbocycles. The van der Waals surface area contributed by atoms with Gasteiger partial charge in [0.05, 0.1) is 12.1 Å². The summed E-state index contributed by atoms with van der Waals surface area (Å²) in [5.74, 6) is -0.818.